The predicted molar refractivity (Wildman–Crippen MR) is 176 cm³/mol. The van der Waals surface area contributed by atoms with Crippen molar-refractivity contribution < 1.29 is 27.1 Å². The first-order chi connectivity index (χ1) is 23.2. The summed E-state index contributed by atoms with van der Waals surface area (Å²) in [6.45, 7) is 6.15. The fourth-order valence-electron chi connectivity index (χ4n) is 5.66. The third kappa shape index (κ3) is 8.93. The van der Waals surface area contributed by atoms with Crippen molar-refractivity contribution in [2.75, 3.05) is 31.1 Å². The van der Waals surface area contributed by atoms with Crippen LogP contribution in [0, 0.1) is 5.82 Å². The topological polar surface area (TPSA) is 102 Å². The molecule has 1 aromatic heterocycles. The highest BCUT2D eigenvalue weighted by Crippen LogP contribution is 2.33. The lowest BCUT2D eigenvalue weighted by Crippen LogP contribution is -2.52. The fourth-order valence-corrected chi connectivity index (χ4v) is 5.66. The third-order valence-electron chi connectivity index (χ3n) is 8.01. The summed E-state index contributed by atoms with van der Waals surface area (Å²) in [5, 5.41) is 6.96. The lowest BCUT2D eigenvalue weighted by atomic mass is 10.1. The molecule has 1 fully saturated rings. The number of nitrogens with one attached hydrogen (secondary N) is 1. The molecule has 0 spiro atoms. The summed E-state index contributed by atoms with van der Waals surface area (Å²) >= 11 is 0. The third-order valence-corrected chi connectivity index (χ3v) is 8.01. The Balaban J connectivity index is 1.55. The van der Waals surface area contributed by atoms with E-state index in [0.717, 1.165) is 28.3 Å². The lowest BCUT2D eigenvalue weighted by molar-refractivity contribution is -0.138. The molecule has 0 unspecified atom stereocenters. The summed E-state index contributed by atoms with van der Waals surface area (Å²) in [4.78, 5) is 44.7. The van der Waals surface area contributed by atoms with Crippen LogP contribution in [-0.2, 0) is 30.5 Å². The Morgan fingerprint density at radius 2 is 1.51 bits per heavy atom. The van der Waals surface area contributed by atoms with Crippen molar-refractivity contribution in [2.24, 2.45) is 0 Å². The summed E-state index contributed by atoms with van der Waals surface area (Å²) in [6, 6.07) is 20.0. The van der Waals surface area contributed by atoms with Crippen molar-refractivity contribution in [1.29, 1.82) is 0 Å². The van der Waals surface area contributed by atoms with E-state index >= 15 is 0 Å². The van der Waals surface area contributed by atoms with Crippen LogP contribution >= 0.6 is 0 Å². The Hall–Kier alpha value is -4.98. The van der Waals surface area contributed by atoms with Crippen molar-refractivity contribution in [3.8, 4) is 0 Å². The smallest absolute Gasteiger partial charge is 0.416 e. The maximum Gasteiger partial charge on any atom is 0.416 e. The number of ether oxygens (including phenoxy) is 1. The molecular weight excluding hydrogens is 644 g/mol. The van der Waals surface area contributed by atoms with Crippen LogP contribution in [0.2, 0.25) is 0 Å². The number of carbonyl (C=O) groups excluding carboxylic acids is 1. The molecule has 4 aromatic rings. The van der Waals surface area contributed by atoms with Crippen LogP contribution < -0.4 is 21.5 Å². The normalized spacial score (nSPS) is 14.8. The Morgan fingerprint density at radius 1 is 0.878 bits per heavy atom. The van der Waals surface area contributed by atoms with E-state index in [1.807, 2.05) is 30.3 Å². The first-order valence-corrected chi connectivity index (χ1v) is 15.8. The summed E-state index contributed by atoms with van der Waals surface area (Å²) in [7, 11) is 0. The van der Waals surface area contributed by atoms with Crippen LogP contribution in [0.3, 0.4) is 0 Å². The Kier molecular flexibility index (Phi) is 10.6. The Morgan fingerprint density at radius 3 is 2.12 bits per heavy atom. The van der Waals surface area contributed by atoms with Gasteiger partial charge in [-0.15, -0.1) is 5.10 Å². The van der Waals surface area contributed by atoms with Gasteiger partial charge in [0.05, 0.1) is 24.7 Å². The number of rotatable bonds is 9. The van der Waals surface area contributed by atoms with Crippen LogP contribution in [-0.4, -0.2) is 57.1 Å². The maximum absolute atomic E-state index is 15.0. The van der Waals surface area contributed by atoms with E-state index in [9.17, 15) is 31.9 Å². The quantitative estimate of drug-likeness (QED) is 0.242. The van der Waals surface area contributed by atoms with Crippen molar-refractivity contribution >= 4 is 11.9 Å². The molecule has 1 N–H and O–H groups in total. The van der Waals surface area contributed by atoms with Crippen molar-refractivity contribution in [3.05, 3.63) is 128 Å². The second kappa shape index (κ2) is 14.6. The number of carbonyl (C=O) groups is 1. The average Bonchev–Trinajstić information content (AvgIpc) is 3.04. The van der Waals surface area contributed by atoms with Crippen LogP contribution in [0.5, 0.6) is 0 Å². The van der Waals surface area contributed by atoms with E-state index in [1.54, 1.807) is 56.0 Å². The number of anilines is 1. The molecule has 1 aliphatic heterocycles. The van der Waals surface area contributed by atoms with E-state index in [4.69, 9.17) is 4.74 Å². The Labute approximate surface area is 280 Å². The second-order valence-electron chi connectivity index (χ2n) is 12.8. The number of hydrogen-bond donors (Lipinski definition) is 1. The molecule has 0 bridgehead atoms. The number of halogens is 4. The molecule has 14 heteroatoms. The zero-order valence-electron chi connectivity index (χ0n) is 27.4. The number of piperazine rings is 1. The van der Waals surface area contributed by atoms with Gasteiger partial charge in [-0.3, -0.25) is 14.3 Å². The molecule has 0 saturated carbocycles. The summed E-state index contributed by atoms with van der Waals surface area (Å²) < 4.78 is 63.7. The number of alkyl carbamates (subject to hydrolysis) is 1. The van der Waals surface area contributed by atoms with Gasteiger partial charge < -0.3 is 15.0 Å². The van der Waals surface area contributed by atoms with Crippen molar-refractivity contribution in [1.82, 2.24) is 24.6 Å². The highest BCUT2D eigenvalue weighted by molar-refractivity contribution is 5.68. The minimum Gasteiger partial charge on any atom is -0.444 e. The Bertz CT molecular complexity index is 1870. The number of nitrogens with zero attached hydrogens (tertiary/aromatic N) is 5. The first-order valence-electron chi connectivity index (χ1n) is 15.8. The zero-order valence-corrected chi connectivity index (χ0v) is 27.4. The van der Waals surface area contributed by atoms with Crippen LogP contribution in [0.1, 0.15) is 49.1 Å². The van der Waals surface area contributed by atoms with Crippen LogP contribution in [0.4, 0.5) is 28.2 Å². The monoisotopic (exact) mass is 682 g/mol. The van der Waals surface area contributed by atoms with E-state index in [0.29, 0.717) is 43.0 Å². The molecule has 260 valence electrons. The molecule has 3 aromatic carbocycles. The molecule has 0 aliphatic carbocycles. The number of aromatic nitrogens is 3. The van der Waals surface area contributed by atoms with Gasteiger partial charge in [-0.1, -0.05) is 66.7 Å². The summed E-state index contributed by atoms with van der Waals surface area (Å²) in [5.74, 6) is -1.35. The fraction of sp³-hybridized carbons (Fsp3) is 0.371. The number of hydrogen-bond acceptors (Lipinski definition) is 7. The first kappa shape index (κ1) is 35.3. The predicted octanol–water partition coefficient (Wildman–Crippen LogP) is 5.20. The number of benzene rings is 3. The van der Waals surface area contributed by atoms with Gasteiger partial charge in [0.25, 0.3) is 5.56 Å². The molecule has 0 radical (unpaired) electrons. The zero-order chi connectivity index (χ0) is 35.3. The van der Waals surface area contributed by atoms with Crippen LogP contribution in [0.15, 0.2) is 88.5 Å². The van der Waals surface area contributed by atoms with E-state index in [-0.39, 0.29) is 5.82 Å². The van der Waals surface area contributed by atoms with Gasteiger partial charge in [-0.05, 0) is 44.0 Å². The van der Waals surface area contributed by atoms with Crippen molar-refractivity contribution in [3.63, 3.8) is 0 Å². The van der Waals surface area contributed by atoms with E-state index < -0.39 is 65.2 Å². The molecule has 5 rings (SSSR count). The average molecular weight is 683 g/mol. The molecule has 1 aliphatic rings. The molecule has 1 amide bonds. The standard InChI is InChI=1S/C35H38F4N6O4/c1-34(2,3)49-32(47)40-29(25-13-8-5-9-14-25)23-44-31(46)30(43-19-17-42(18-20-43)21-24-11-6-4-7-12-24)41-45(33(44)48)22-26-27(35(37,38)39)15-10-16-28(26)36/h4-16,29H,17-23H2,1-3H3,(H,40,47)/t29-/m0/s1. The molecule has 1 saturated heterocycles. The van der Waals surface area contributed by atoms with Gasteiger partial charge in [0, 0.05) is 38.3 Å². The lowest BCUT2D eigenvalue weighted by Gasteiger charge is -2.35. The van der Waals surface area contributed by atoms with Gasteiger partial charge in [0.1, 0.15) is 11.4 Å². The highest BCUT2D eigenvalue weighted by Gasteiger charge is 2.35. The summed E-state index contributed by atoms with van der Waals surface area (Å²) in [6.07, 6.45) is -5.72. The molecule has 2 heterocycles. The van der Waals surface area contributed by atoms with Gasteiger partial charge >= 0.3 is 18.0 Å². The molecule has 1 atom stereocenters. The van der Waals surface area contributed by atoms with Gasteiger partial charge in [-0.25, -0.2) is 18.7 Å². The molecular formula is C35H38F4N6O4. The van der Waals surface area contributed by atoms with E-state index in [2.05, 4.69) is 15.3 Å². The van der Waals surface area contributed by atoms with Gasteiger partial charge in [0.2, 0.25) is 5.82 Å². The van der Waals surface area contributed by atoms with E-state index in [1.165, 1.54) is 0 Å². The molecule has 10 nitrogen and oxygen atoms in total. The number of alkyl halides is 3. The van der Waals surface area contributed by atoms with Gasteiger partial charge in [-0.2, -0.15) is 13.2 Å². The summed E-state index contributed by atoms with van der Waals surface area (Å²) in [5.41, 5.74) is -3.12. The minimum atomic E-state index is -4.91. The maximum atomic E-state index is 15.0. The van der Waals surface area contributed by atoms with Crippen molar-refractivity contribution in [2.45, 2.75) is 58.2 Å². The van der Waals surface area contributed by atoms with Crippen LogP contribution in [0.25, 0.3) is 0 Å². The number of amides is 1. The largest absolute Gasteiger partial charge is 0.444 e. The minimum absolute atomic E-state index is 0.173. The SMILES string of the molecule is CC(C)(C)OC(=O)N[C@@H](Cn1c(=O)c(N2CCN(Cc3ccccc3)CC2)nn(Cc2c(F)cccc2C(F)(F)F)c1=O)c1ccccc1. The molecule has 49 heavy (non-hydrogen) atoms. The van der Waals surface area contributed by atoms with Gasteiger partial charge in [0.15, 0.2) is 0 Å². The highest BCUT2D eigenvalue weighted by atomic mass is 19.4. The second-order valence-corrected chi connectivity index (χ2v) is 12.8.